The molecule has 0 radical (unpaired) electrons. The monoisotopic (exact) mass is 354 g/mol. The summed E-state index contributed by atoms with van der Waals surface area (Å²) in [6.07, 6.45) is 1.76. The minimum Gasteiger partial charge on any atom is -0.342 e. The molecule has 0 aliphatic heterocycles. The number of anilines is 1. The van der Waals surface area contributed by atoms with E-state index in [-0.39, 0.29) is 5.91 Å². The number of rotatable bonds is 3. The average molecular weight is 356 g/mol. The summed E-state index contributed by atoms with van der Waals surface area (Å²) in [5, 5.41) is 3.51. The third-order valence-electron chi connectivity index (χ3n) is 3.11. The maximum Gasteiger partial charge on any atom is 0.272 e. The lowest BCUT2D eigenvalue weighted by atomic mass is 10.1. The first kappa shape index (κ1) is 15.1. The van der Waals surface area contributed by atoms with Crippen molar-refractivity contribution in [3.63, 3.8) is 0 Å². The summed E-state index contributed by atoms with van der Waals surface area (Å²) < 4.78 is 2.71. The molecule has 2 rings (SSSR count). The molecule has 0 aliphatic rings. The summed E-state index contributed by atoms with van der Waals surface area (Å²) in [6, 6.07) is 5.69. The van der Waals surface area contributed by atoms with Crippen molar-refractivity contribution in [2.45, 2.75) is 27.3 Å². The number of aryl methyl sites for hydroxylation is 3. The van der Waals surface area contributed by atoms with E-state index in [1.807, 2.05) is 37.5 Å². The van der Waals surface area contributed by atoms with Gasteiger partial charge in [-0.25, -0.2) is 0 Å². The lowest BCUT2D eigenvalue weighted by Gasteiger charge is -2.12. The molecule has 0 unspecified atom stereocenters. The summed E-state index contributed by atoms with van der Waals surface area (Å²) in [6.45, 7) is 6.66. The number of benzene rings is 1. The number of hydrogen-bond donors (Lipinski definition) is 1. The van der Waals surface area contributed by atoms with Gasteiger partial charge in [-0.05, 0) is 60.0 Å². The van der Waals surface area contributed by atoms with Crippen molar-refractivity contribution < 1.29 is 4.79 Å². The first-order chi connectivity index (χ1) is 9.42. The van der Waals surface area contributed by atoms with E-state index in [0.717, 1.165) is 21.3 Å². The van der Waals surface area contributed by atoms with Crippen LogP contribution in [0.5, 0.6) is 0 Å². The fourth-order valence-corrected chi connectivity index (χ4v) is 3.17. The lowest BCUT2D eigenvalue weighted by Crippen LogP contribution is -2.17. The van der Waals surface area contributed by atoms with Gasteiger partial charge in [-0.2, -0.15) is 0 Å². The van der Waals surface area contributed by atoms with Crippen LogP contribution in [0, 0.1) is 13.8 Å². The second kappa shape index (κ2) is 6.02. The Morgan fingerprint density at radius 3 is 2.65 bits per heavy atom. The van der Waals surface area contributed by atoms with Crippen LogP contribution in [0.15, 0.2) is 28.9 Å². The van der Waals surface area contributed by atoms with Crippen LogP contribution in [0.4, 0.5) is 5.69 Å². The minimum atomic E-state index is -0.161. The van der Waals surface area contributed by atoms with Crippen LogP contribution >= 0.6 is 27.5 Å². The molecule has 0 spiro atoms. The Morgan fingerprint density at radius 2 is 2.05 bits per heavy atom. The molecule has 1 heterocycles. The highest BCUT2D eigenvalue weighted by molar-refractivity contribution is 9.10. The quantitative estimate of drug-likeness (QED) is 0.843. The Bertz CT molecular complexity index is 641. The summed E-state index contributed by atoms with van der Waals surface area (Å²) in [5.74, 6) is -0.161. The molecule has 2 aromatic rings. The Labute approximate surface area is 132 Å². The fraction of sp³-hybridized carbons (Fsp3) is 0.267. The van der Waals surface area contributed by atoms with Crippen molar-refractivity contribution in [3.8, 4) is 0 Å². The first-order valence-corrected chi connectivity index (χ1v) is 7.53. The van der Waals surface area contributed by atoms with Gasteiger partial charge >= 0.3 is 0 Å². The van der Waals surface area contributed by atoms with E-state index in [4.69, 9.17) is 11.6 Å². The van der Waals surface area contributed by atoms with Crippen molar-refractivity contribution >= 4 is 39.1 Å². The van der Waals surface area contributed by atoms with Crippen molar-refractivity contribution in [2.24, 2.45) is 0 Å². The van der Waals surface area contributed by atoms with E-state index in [1.165, 1.54) is 0 Å². The zero-order valence-electron chi connectivity index (χ0n) is 11.6. The number of carbonyl (C=O) groups excluding carboxylic acids is 1. The third-order valence-corrected chi connectivity index (χ3v) is 3.94. The lowest BCUT2D eigenvalue weighted by molar-refractivity contribution is 0.101. The average Bonchev–Trinajstić information content (AvgIpc) is 2.75. The van der Waals surface area contributed by atoms with Gasteiger partial charge in [-0.15, -0.1) is 0 Å². The van der Waals surface area contributed by atoms with E-state index in [9.17, 15) is 4.79 Å². The van der Waals surface area contributed by atoms with Crippen LogP contribution in [0.2, 0.25) is 5.02 Å². The van der Waals surface area contributed by atoms with E-state index in [1.54, 1.807) is 12.3 Å². The molecule has 1 amide bonds. The van der Waals surface area contributed by atoms with Crippen molar-refractivity contribution in [2.75, 3.05) is 5.32 Å². The number of hydrogen-bond acceptors (Lipinski definition) is 1. The molecule has 0 bridgehead atoms. The highest BCUT2D eigenvalue weighted by atomic mass is 79.9. The van der Waals surface area contributed by atoms with Gasteiger partial charge in [0.25, 0.3) is 5.91 Å². The molecule has 5 heteroatoms. The van der Waals surface area contributed by atoms with E-state index in [0.29, 0.717) is 17.3 Å². The molecule has 0 atom stereocenters. The molecular weight excluding hydrogens is 340 g/mol. The number of amides is 1. The highest BCUT2D eigenvalue weighted by Gasteiger charge is 2.15. The van der Waals surface area contributed by atoms with Crippen LogP contribution in [0.3, 0.4) is 0 Å². The largest absolute Gasteiger partial charge is 0.342 e. The van der Waals surface area contributed by atoms with E-state index in [2.05, 4.69) is 21.2 Å². The van der Waals surface area contributed by atoms with Gasteiger partial charge in [0.2, 0.25) is 0 Å². The topological polar surface area (TPSA) is 34.0 Å². The van der Waals surface area contributed by atoms with Gasteiger partial charge in [0.15, 0.2) is 0 Å². The van der Waals surface area contributed by atoms with Crippen LogP contribution in [0.1, 0.15) is 28.5 Å². The van der Waals surface area contributed by atoms with Crippen molar-refractivity contribution in [1.82, 2.24) is 4.57 Å². The fourth-order valence-electron chi connectivity index (χ4n) is 2.18. The molecular formula is C15H16BrClN2O. The van der Waals surface area contributed by atoms with Crippen molar-refractivity contribution in [1.29, 1.82) is 0 Å². The maximum atomic E-state index is 12.4. The molecule has 0 aliphatic carbocycles. The number of aromatic nitrogens is 1. The Morgan fingerprint density at radius 1 is 1.35 bits per heavy atom. The number of nitrogens with zero attached hydrogens (tertiary/aromatic N) is 1. The molecule has 1 aromatic heterocycles. The first-order valence-electron chi connectivity index (χ1n) is 6.36. The number of carbonyl (C=O) groups is 1. The highest BCUT2D eigenvalue weighted by Crippen LogP contribution is 2.28. The second-order valence-electron chi connectivity index (χ2n) is 4.72. The van der Waals surface area contributed by atoms with Crippen molar-refractivity contribution in [3.05, 3.63) is 50.7 Å². The van der Waals surface area contributed by atoms with E-state index >= 15 is 0 Å². The molecule has 3 nitrogen and oxygen atoms in total. The molecule has 1 N–H and O–H groups in total. The SMILES string of the molecule is CCn1cc(Cl)cc1C(=O)Nc1c(C)cc(C)cc1Br. The molecule has 0 saturated carbocycles. The van der Waals surface area contributed by atoms with Gasteiger partial charge < -0.3 is 9.88 Å². The predicted octanol–water partition coefficient (Wildman–Crippen LogP) is 4.79. The standard InChI is InChI=1S/C15H16BrClN2O/c1-4-19-8-11(17)7-13(19)15(20)18-14-10(3)5-9(2)6-12(14)16/h5-8H,4H2,1-3H3,(H,18,20). The summed E-state index contributed by atoms with van der Waals surface area (Å²) >= 11 is 9.46. The smallest absolute Gasteiger partial charge is 0.272 e. The molecule has 20 heavy (non-hydrogen) atoms. The Balaban J connectivity index is 2.32. The van der Waals surface area contributed by atoms with Crippen LogP contribution in [0.25, 0.3) is 0 Å². The van der Waals surface area contributed by atoms with Gasteiger partial charge in [0, 0.05) is 17.2 Å². The molecule has 0 fully saturated rings. The Hall–Kier alpha value is -1.26. The van der Waals surface area contributed by atoms with Gasteiger partial charge in [-0.3, -0.25) is 4.79 Å². The van der Waals surface area contributed by atoms with E-state index < -0.39 is 0 Å². The number of halogens is 2. The second-order valence-corrected chi connectivity index (χ2v) is 6.01. The molecule has 1 aromatic carbocycles. The predicted molar refractivity (Wildman–Crippen MR) is 86.7 cm³/mol. The molecule has 0 saturated heterocycles. The summed E-state index contributed by atoms with van der Waals surface area (Å²) in [4.78, 5) is 12.4. The maximum absolute atomic E-state index is 12.4. The summed E-state index contributed by atoms with van der Waals surface area (Å²) in [7, 11) is 0. The normalized spacial score (nSPS) is 10.7. The van der Waals surface area contributed by atoms with Gasteiger partial charge in [-0.1, -0.05) is 17.7 Å². The Kier molecular flexibility index (Phi) is 4.55. The summed E-state index contributed by atoms with van der Waals surface area (Å²) in [5.41, 5.74) is 3.52. The van der Waals surface area contributed by atoms with Crippen LogP contribution in [-0.2, 0) is 6.54 Å². The minimum absolute atomic E-state index is 0.161. The van der Waals surface area contributed by atoms with Crippen LogP contribution in [-0.4, -0.2) is 10.5 Å². The third kappa shape index (κ3) is 3.07. The molecule has 106 valence electrons. The zero-order chi connectivity index (χ0) is 14.9. The number of nitrogens with one attached hydrogen (secondary N) is 1. The van der Waals surface area contributed by atoms with Crippen LogP contribution < -0.4 is 5.32 Å². The van der Waals surface area contributed by atoms with Gasteiger partial charge in [0.05, 0.1) is 10.7 Å². The van der Waals surface area contributed by atoms with Gasteiger partial charge in [0.1, 0.15) is 5.69 Å². The zero-order valence-corrected chi connectivity index (χ0v) is 14.0.